The van der Waals surface area contributed by atoms with Crippen LogP contribution in [0.5, 0.6) is 17.2 Å². The molecule has 6 heteroatoms. The number of nitriles is 1. The van der Waals surface area contributed by atoms with E-state index >= 15 is 0 Å². The Hall–Kier alpha value is -2.71. The normalized spacial score (nSPS) is 10.2. The van der Waals surface area contributed by atoms with E-state index in [1.54, 1.807) is 24.3 Å². The fourth-order valence-corrected chi connectivity index (χ4v) is 2.26. The number of halogens is 1. The van der Waals surface area contributed by atoms with Crippen LogP contribution in [0.4, 0.5) is 0 Å². The van der Waals surface area contributed by atoms with Gasteiger partial charge in [0, 0.05) is 0 Å². The third-order valence-electron chi connectivity index (χ3n) is 3.22. The summed E-state index contributed by atoms with van der Waals surface area (Å²) in [6, 6.07) is 11.2. The van der Waals surface area contributed by atoms with Gasteiger partial charge in [0.1, 0.15) is 5.75 Å². The largest absolute Gasteiger partial charge is 0.493 e. The van der Waals surface area contributed by atoms with Crippen LogP contribution < -0.4 is 14.2 Å². The van der Waals surface area contributed by atoms with Crippen molar-refractivity contribution in [1.29, 1.82) is 5.26 Å². The molecule has 0 radical (unpaired) electrons. The Morgan fingerprint density at radius 3 is 2.48 bits per heavy atom. The molecule has 0 aliphatic rings. The molecule has 2 aromatic carbocycles. The SMILES string of the molecule is COc1cc(C(=O)Oc2ccc(C#N)cc2)cc(Cl)c1OCC(C)C. The summed E-state index contributed by atoms with van der Waals surface area (Å²) in [5.74, 6) is 0.828. The molecule has 0 saturated carbocycles. The molecule has 0 fully saturated rings. The van der Waals surface area contributed by atoms with Gasteiger partial charge < -0.3 is 14.2 Å². The van der Waals surface area contributed by atoms with E-state index in [1.807, 2.05) is 19.9 Å². The Morgan fingerprint density at radius 1 is 1.24 bits per heavy atom. The van der Waals surface area contributed by atoms with Gasteiger partial charge in [-0.3, -0.25) is 0 Å². The molecule has 130 valence electrons. The molecule has 0 aliphatic heterocycles. The molecule has 0 saturated heterocycles. The Labute approximate surface area is 151 Å². The molecule has 0 aromatic heterocycles. The number of nitrogens with zero attached hydrogens (tertiary/aromatic N) is 1. The number of esters is 1. The van der Waals surface area contributed by atoms with E-state index in [0.717, 1.165) is 0 Å². The van der Waals surface area contributed by atoms with Crippen LogP contribution in [0.25, 0.3) is 0 Å². The molecular weight excluding hydrogens is 342 g/mol. The van der Waals surface area contributed by atoms with E-state index in [0.29, 0.717) is 35.3 Å². The minimum absolute atomic E-state index is 0.239. The summed E-state index contributed by atoms with van der Waals surface area (Å²) < 4.78 is 16.2. The summed E-state index contributed by atoms with van der Waals surface area (Å²) in [6.45, 7) is 4.51. The second kappa shape index (κ2) is 8.41. The second-order valence-electron chi connectivity index (χ2n) is 5.72. The standard InChI is InChI=1S/C19H18ClNO4/c1-12(2)11-24-18-16(20)8-14(9-17(18)23-3)19(22)25-15-6-4-13(10-21)5-7-15/h4-9,12H,11H2,1-3H3. The highest BCUT2D eigenvalue weighted by molar-refractivity contribution is 6.32. The topological polar surface area (TPSA) is 68.5 Å². The molecule has 25 heavy (non-hydrogen) atoms. The van der Waals surface area contributed by atoms with Crippen LogP contribution >= 0.6 is 11.6 Å². The Morgan fingerprint density at radius 2 is 1.92 bits per heavy atom. The molecule has 2 rings (SSSR count). The Balaban J connectivity index is 2.21. The van der Waals surface area contributed by atoms with Crippen molar-refractivity contribution in [2.75, 3.05) is 13.7 Å². The van der Waals surface area contributed by atoms with Gasteiger partial charge in [-0.25, -0.2) is 4.79 Å². The Bertz CT molecular complexity index is 794. The van der Waals surface area contributed by atoms with Gasteiger partial charge in [0.15, 0.2) is 11.5 Å². The molecule has 2 aromatic rings. The lowest BCUT2D eigenvalue weighted by molar-refractivity contribution is 0.0734. The van der Waals surface area contributed by atoms with Gasteiger partial charge in [0.05, 0.1) is 35.9 Å². The maximum absolute atomic E-state index is 12.3. The molecule has 0 N–H and O–H groups in total. The van der Waals surface area contributed by atoms with Gasteiger partial charge >= 0.3 is 5.97 Å². The highest BCUT2D eigenvalue weighted by Gasteiger charge is 2.18. The van der Waals surface area contributed by atoms with Crippen LogP contribution in [0.1, 0.15) is 29.8 Å². The zero-order valence-corrected chi connectivity index (χ0v) is 15.0. The first-order valence-corrected chi connectivity index (χ1v) is 8.05. The van der Waals surface area contributed by atoms with Crippen LogP contribution in [-0.4, -0.2) is 19.7 Å². The third-order valence-corrected chi connectivity index (χ3v) is 3.50. The van der Waals surface area contributed by atoms with E-state index in [-0.39, 0.29) is 10.6 Å². The first-order chi connectivity index (χ1) is 11.9. The van der Waals surface area contributed by atoms with Crippen molar-refractivity contribution in [2.24, 2.45) is 5.92 Å². The van der Waals surface area contributed by atoms with Crippen molar-refractivity contribution in [2.45, 2.75) is 13.8 Å². The van der Waals surface area contributed by atoms with Gasteiger partial charge in [-0.1, -0.05) is 25.4 Å². The third kappa shape index (κ3) is 4.88. The highest BCUT2D eigenvalue weighted by Crippen LogP contribution is 2.37. The van der Waals surface area contributed by atoms with Crippen molar-refractivity contribution in [3.8, 4) is 23.3 Å². The van der Waals surface area contributed by atoms with E-state index in [4.69, 9.17) is 31.1 Å². The van der Waals surface area contributed by atoms with Crippen molar-refractivity contribution in [1.82, 2.24) is 0 Å². The summed E-state index contributed by atoms with van der Waals surface area (Å²) in [5, 5.41) is 9.05. The van der Waals surface area contributed by atoms with Gasteiger partial charge in [-0.15, -0.1) is 0 Å². The van der Waals surface area contributed by atoms with Crippen molar-refractivity contribution in [3.63, 3.8) is 0 Å². The number of carbonyl (C=O) groups excluding carboxylic acids is 1. The lowest BCUT2D eigenvalue weighted by Gasteiger charge is -2.15. The molecule has 0 amide bonds. The van der Waals surface area contributed by atoms with Crippen molar-refractivity contribution >= 4 is 17.6 Å². The van der Waals surface area contributed by atoms with Crippen molar-refractivity contribution in [3.05, 3.63) is 52.5 Å². The fourth-order valence-electron chi connectivity index (χ4n) is 1.99. The summed E-state index contributed by atoms with van der Waals surface area (Å²) in [4.78, 5) is 12.3. The first kappa shape index (κ1) is 18.6. The lowest BCUT2D eigenvalue weighted by atomic mass is 10.2. The van der Waals surface area contributed by atoms with Gasteiger partial charge in [0.25, 0.3) is 0 Å². The number of carbonyl (C=O) groups is 1. The van der Waals surface area contributed by atoms with Crippen LogP contribution in [0, 0.1) is 17.2 Å². The zero-order chi connectivity index (χ0) is 18.4. The quantitative estimate of drug-likeness (QED) is 0.562. The number of methoxy groups -OCH3 is 1. The predicted molar refractivity (Wildman–Crippen MR) is 94.5 cm³/mol. The maximum atomic E-state index is 12.3. The molecule has 0 heterocycles. The molecule has 5 nitrogen and oxygen atoms in total. The summed E-state index contributed by atoms with van der Waals surface area (Å²) in [5.41, 5.74) is 0.722. The molecule has 0 unspecified atom stereocenters. The number of hydrogen-bond donors (Lipinski definition) is 0. The number of hydrogen-bond acceptors (Lipinski definition) is 5. The molecule has 0 aliphatic carbocycles. The monoisotopic (exact) mass is 359 g/mol. The predicted octanol–water partition coefficient (Wildman–Crippen LogP) is 4.47. The fraction of sp³-hybridized carbons (Fsp3) is 0.263. The van der Waals surface area contributed by atoms with Crippen molar-refractivity contribution < 1.29 is 19.0 Å². The first-order valence-electron chi connectivity index (χ1n) is 7.67. The number of rotatable bonds is 6. The molecule has 0 spiro atoms. The van der Waals surface area contributed by atoms with Gasteiger partial charge in [-0.2, -0.15) is 5.26 Å². The second-order valence-corrected chi connectivity index (χ2v) is 6.13. The Kier molecular flexibility index (Phi) is 6.26. The van der Waals surface area contributed by atoms with Gasteiger partial charge in [0.2, 0.25) is 0 Å². The smallest absolute Gasteiger partial charge is 0.343 e. The number of benzene rings is 2. The van der Waals surface area contributed by atoms with Gasteiger partial charge in [-0.05, 0) is 42.3 Å². The maximum Gasteiger partial charge on any atom is 0.343 e. The minimum Gasteiger partial charge on any atom is -0.493 e. The summed E-state index contributed by atoms with van der Waals surface area (Å²) in [7, 11) is 1.48. The summed E-state index contributed by atoms with van der Waals surface area (Å²) in [6.07, 6.45) is 0. The zero-order valence-electron chi connectivity index (χ0n) is 14.2. The highest BCUT2D eigenvalue weighted by atomic mass is 35.5. The average Bonchev–Trinajstić information content (AvgIpc) is 2.60. The lowest BCUT2D eigenvalue weighted by Crippen LogP contribution is -2.10. The van der Waals surface area contributed by atoms with Crippen LogP contribution in [0.15, 0.2) is 36.4 Å². The molecule has 0 bridgehead atoms. The van der Waals surface area contributed by atoms with Crippen LogP contribution in [0.3, 0.4) is 0 Å². The minimum atomic E-state index is -0.583. The average molecular weight is 360 g/mol. The van der Waals surface area contributed by atoms with Crippen LogP contribution in [-0.2, 0) is 0 Å². The summed E-state index contributed by atoms with van der Waals surface area (Å²) >= 11 is 6.23. The molecule has 0 atom stereocenters. The number of ether oxygens (including phenoxy) is 3. The van der Waals surface area contributed by atoms with Crippen LogP contribution in [0.2, 0.25) is 5.02 Å². The molecular formula is C19H18ClNO4. The van der Waals surface area contributed by atoms with E-state index in [2.05, 4.69) is 0 Å². The van der Waals surface area contributed by atoms with E-state index in [9.17, 15) is 4.79 Å². The van der Waals surface area contributed by atoms with E-state index < -0.39 is 5.97 Å². The van der Waals surface area contributed by atoms with E-state index in [1.165, 1.54) is 19.2 Å².